The lowest BCUT2D eigenvalue weighted by Gasteiger charge is -2.35. The monoisotopic (exact) mass is 406 g/mol. The van der Waals surface area contributed by atoms with Crippen LogP contribution in [-0.2, 0) is 0 Å². The van der Waals surface area contributed by atoms with Gasteiger partial charge >= 0.3 is 0 Å². The van der Waals surface area contributed by atoms with Crippen molar-refractivity contribution < 1.29 is 0 Å². The van der Waals surface area contributed by atoms with E-state index in [2.05, 4.69) is 49.9 Å². The molecule has 0 aromatic heterocycles. The highest BCUT2D eigenvalue weighted by Gasteiger charge is 2.26. The highest BCUT2D eigenvalue weighted by molar-refractivity contribution is 4.98. The van der Waals surface area contributed by atoms with Crippen LogP contribution in [0.1, 0.15) is 143 Å². The van der Waals surface area contributed by atoms with Gasteiger partial charge in [0.05, 0.1) is 0 Å². The fourth-order valence-electron chi connectivity index (χ4n) is 4.65. The molecule has 1 unspecified atom stereocenters. The number of hydrogen-bond donors (Lipinski definition) is 0. The summed E-state index contributed by atoms with van der Waals surface area (Å²) in [5.74, 6) is 0. The highest BCUT2D eigenvalue weighted by Crippen LogP contribution is 2.24. The number of rotatable bonds is 20. The summed E-state index contributed by atoms with van der Waals surface area (Å²) in [5.41, 5.74) is 0. The maximum atomic E-state index is 2.63. The molecule has 1 aliphatic rings. The first-order valence-electron chi connectivity index (χ1n) is 13.4. The van der Waals surface area contributed by atoms with Gasteiger partial charge < -0.3 is 9.80 Å². The minimum atomic E-state index is 0.610. The van der Waals surface area contributed by atoms with E-state index in [9.17, 15) is 0 Å². The van der Waals surface area contributed by atoms with Crippen molar-refractivity contribution in [3.8, 4) is 0 Å². The van der Waals surface area contributed by atoms with Crippen molar-refractivity contribution in [3.63, 3.8) is 0 Å². The summed E-state index contributed by atoms with van der Waals surface area (Å²) >= 11 is 0. The van der Waals surface area contributed by atoms with Crippen molar-refractivity contribution in [2.24, 2.45) is 0 Å². The summed E-state index contributed by atoms with van der Waals surface area (Å²) in [6, 6.07) is 0.610. The second-order valence-electron chi connectivity index (χ2n) is 9.65. The van der Waals surface area contributed by atoms with E-state index in [0.29, 0.717) is 12.2 Å². The summed E-state index contributed by atoms with van der Waals surface area (Å²) in [7, 11) is 0. The number of hydrogen-bond acceptors (Lipinski definition) is 2. The van der Waals surface area contributed by atoms with Crippen LogP contribution in [0.4, 0.5) is 0 Å². The quantitative estimate of drug-likeness (QED) is 0.186. The lowest BCUT2D eigenvalue weighted by atomic mass is 10.0. The zero-order chi connectivity index (χ0) is 21.2. The van der Waals surface area contributed by atoms with Gasteiger partial charge in [0.25, 0.3) is 0 Å². The zero-order valence-corrected chi connectivity index (χ0v) is 20.6. The SMILES string of the molecule is CCCCCCCCCCCCCCC1N(CCCCCCC)C=CN1C(C)C. The normalized spacial score (nSPS) is 16.5. The van der Waals surface area contributed by atoms with Gasteiger partial charge in [-0.15, -0.1) is 0 Å². The molecule has 172 valence electrons. The van der Waals surface area contributed by atoms with E-state index < -0.39 is 0 Å². The smallest absolute Gasteiger partial charge is 0.101 e. The first-order chi connectivity index (χ1) is 14.2. The largest absolute Gasteiger partial charge is 0.356 e. The molecule has 1 atom stereocenters. The minimum Gasteiger partial charge on any atom is -0.356 e. The Morgan fingerprint density at radius 1 is 0.586 bits per heavy atom. The first-order valence-corrected chi connectivity index (χ1v) is 13.4. The Morgan fingerprint density at radius 3 is 1.52 bits per heavy atom. The second-order valence-corrected chi connectivity index (χ2v) is 9.65. The van der Waals surface area contributed by atoms with Crippen LogP contribution in [-0.4, -0.2) is 28.6 Å². The standard InChI is InChI=1S/C27H54N2/c1-5-7-9-11-12-13-14-15-16-17-18-20-22-27-28(23-21-19-10-8-6-2)24-25-29(27)26(3)4/h24-27H,5-23H2,1-4H3. The summed E-state index contributed by atoms with van der Waals surface area (Å²) in [6.07, 6.45) is 30.8. The molecule has 0 amide bonds. The van der Waals surface area contributed by atoms with E-state index in [1.807, 2.05) is 0 Å². The number of nitrogens with zero attached hydrogens (tertiary/aromatic N) is 2. The van der Waals surface area contributed by atoms with Crippen molar-refractivity contribution in [2.75, 3.05) is 6.54 Å². The van der Waals surface area contributed by atoms with Crippen LogP contribution in [0, 0.1) is 0 Å². The van der Waals surface area contributed by atoms with Crippen molar-refractivity contribution in [3.05, 3.63) is 12.4 Å². The lowest BCUT2D eigenvalue weighted by Crippen LogP contribution is -2.42. The van der Waals surface area contributed by atoms with Crippen LogP contribution in [0.3, 0.4) is 0 Å². The Kier molecular flexibility index (Phi) is 16.5. The molecule has 2 heteroatoms. The van der Waals surface area contributed by atoms with Crippen LogP contribution in [0.25, 0.3) is 0 Å². The topological polar surface area (TPSA) is 6.48 Å². The average molecular weight is 407 g/mol. The average Bonchev–Trinajstić information content (AvgIpc) is 3.11. The van der Waals surface area contributed by atoms with E-state index >= 15 is 0 Å². The molecule has 0 bridgehead atoms. The van der Waals surface area contributed by atoms with Gasteiger partial charge in [-0.1, -0.05) is 110 Å². The molecule has 0 saturated carbocycles. The zero-order valence-electron chi connectivity index (χ0n) is 20.6. The van der Waals surface area contributed by atoms with Gasteiger partial charge in [0.2, 0.25) is 0 Å². The van der Waals surface area contributed by atoms with Crippen LogP contribution in [0.15, 0.2) is 12.4 Å². The molecular formula is C27H54N2. The Hall–Kier alpha value is -0.660. The van der Waals surface area contributed by atoms with Crippen LogP contribution in [0.5, 0.6) is 0 Å². The summed E-state index contributed by atoms with van der Waals surface area (Å²) in [4.78, 5) is 5.22. The molecule has 0 saturated heterocycles. The lowest BCUT2D eigenvalue weighted by molar-refractivity contribution is 0.114. The number of unbranched alkanes of at least 4 members (excludes halogenated alkanes) is 15. The molecule has 0 aliphatic carbocycles. The molecule has 0 fully saturated rings. The summed E-state index contributed by atoms with van der Waals surface area (Å²) < 4.78 is 0. The Morgan fingerprint density at radius 2 is 1.03 bits per heavy atom. The minimum absolute atomic E-state index is 0.610. The third kappa shape index (κ3) is 12.6. The molecule has 0 N–H and O–H groups in total. The van der Waals surface area contributed by atoms with Crippen molar-refractivity contribution in [2.45, 2.75) is 155 Å². The van der Waals surface area contributed by atoms with E-state index in [-0.39, 0.29) is 0 Å². The van der Waals surface area contributed by atoms with Gasteiger partial charge in [-0.2, -0.15) is 0 Å². The molecule has 1 heterocycles. The van der Waals surface area contributed by atoms with Crippen LogP contribution >= 0.6 is 0 Å². The van der Waals surface area contributed by atoms with Gasteiger partial charge in [-0.3, -0.25) is 0 Å². The van der Waals surface area contributed by atoms with E-state index in [1.165, 1.54) is 122 Å². The van der Waals surface area contributed by atoms with Gasteiger partial charge in [0.1, 0.15) is 6.17 Å². The molecular weight excluding hydrogens is 352 g/mol. The summed E-state index contributed by atoms with van der Waals surface area (Å²) in [6.45, 7) is 10.5. The predicted molar refractivity (Wildman–Crippen MR) is 131 cm³/mol. The molecule has 2 nitrogen and oxygen atoms in total. The Balaban J connectivity index is 2.09. The maximum absolute atomic E-state index is 2.63. The Bertz CT molecular complexity index is 377. The van der Waals surface area contributed by atoms with Gasteiger partial charge in [0, 0.05) is 25.0 Å². The maximum Gasteiger partial charge on any atom is 0.101 e. The van der Waals surface area contributed by atoms with E-state index in [0.717, 1.165) is 0 Å². The van der Waals surface area contributed by atoms with E-state index in [1.54, 1.807) is 0 Å². The molecule has 0 aromatic rings. The molecule has 0 spiro atoms. The summed E-state index contributed by atoms with van der Waals surface area (Å²) in [5, 5.41) is 0. The molecule has 29 heavy (non-hydrogen) atoms. The van der Waals surface area contributed by atoms with Crippen molar-refractivity contribution >= 4 is 0 Å². The third-order valence-electron chi connectivity index (χ3n) is 6.59. The van der Waals surface area contributed by atoms with Crippen LogP contribution < -0.4 is 0 Å². The fraction of sp³-hybridized carbons (Fsp3) is 0.926. The molecule has 0 aromatic carbocycles. The second kappa shape index (κ2) is 18.1. The molecule has 1 rings (SSSR count). The molecule has 0 radical (unpaired) electrons. The van der Waals surface area contributed by atoms with Crippen molar-refractivity contribution in [1.29, 1.82) is 0 Å². The van der Waals surface area contributed by atoms with Crippen molar-refractivity contribution in [1.82, 2.24) is 9.80 Å². The predicted octanol–water partition coefficient (Wildman–Crippen LogP) is 8.87. The van der Waals surface area contributed by atoms with Gasteiger partial charge in [-0.25, -0.2) is 0 Å². The van der Waals surface area contributed by atoms with Gasteiger partial charge in [0.15, 0.2) is 0 Å². The highest BCUT2D eigenvalue weighted by atomic mass is 15.4. The first kappa shape index (κ1) is 26.4. The molecule has 1 aliphatic heterocycles. The van der Waals surface area contributed by atoms with Crippen LogP contribution in [0.2, 0.25) is 0 Å². The Labute approximate surface area is 184 Å². The van der Waals surface area contributed by atoms with E-state index in [4.69, 9.17) is 0 Å². The van der Waals surface area contributed by atoms with Gasteiger partial charge in [-0.05, 0) is 33.1 Å². The fourth-order valence-corrected chi connectivity index (χ4v) is 4.65. The third-order valence-corrected chi connectivity index (χ3v) is 6.59.